The van der Waals surface area contributed by atoms with E-state index in [4.69, 9.17) is 19.1 Å². The van der Waals surface area contributed by atoms with Crippen LogP contribution in [-0.4, -0.2) is 26.2 Å². The van der Waals surface area contributed by atoms with Crippen molar-refractivity contribution >= 4 is 119 Å². The molecule has 5 heterocycles. The second-order valence-electron chi connectivity index (χ2n) is 16.4. The number of para-hydroxylation sites is 3. The Labute approximate surface area is 367 Å². The molecule has 0 unspecified atom stereocenters. The van der Waals surface area contributed by atoms with Gasteiger partial charge in [-0.1, -0.05) is 97.1 Å². The summed E-state index contributed by atoms with van der Waals surface area (Å²) in [5.74, 6) is 1.49. The van der Waals surface area contributed by atoms with Crippen molar-refractivity contribution in [1.29, 1.82) is 5.26 Å². The molecule has 14 rings (SSSR count). The summed E-state index contributed by atoms with van der Waals surface area (Å²) in [5.41, 5.74) is 8.76. The highest BCUT2D eigenvalue weighted by Gasteiger charge is 2.27. The molecule has 64 heavy (non-hydrogen) atoms. The van der Waals surface area contributed by atoms with Crippen LogP contribution in [0.3, 0.4) is 0 Å². The van der Waals surface area contributed by atoms with Crippen molar-refractivity contribution < 1.29 is 9.15 Å². The summed E-state index contributed by atoms with van der Waals surface area (Å²) in [6, 6.07) is 62.0. The van der Waals surface area contributed by atoms with Gasteiger partial charge in [-0.15, -0.1) is 11.3 Å². The van der Waals surface area contributed by atoms with E-state index in [2.05, 4.69) is 155 Å². The van der Waals surface area contributed by atoms with Gasteiger partial charge in [0.2, 0.25) is 5.71 Å². The summed E-state index contributed by atoms with van der Waals surface area (Å²) >= 11 is 1.83. The lowest BCUT2D eigenvalue weighted by molar-refractivity contribution is 0.415. The van der Waals surface area contributed by atoms with E-state index >= 15 is 0 Å². The minimum Gasteiger partial charge on any atom is -0.497 e. The Kier molecular flexibility index (Phi) is 7.14. The molecule has 0 saturated carbocycles. The molecule has 14 aromatic rings. The lowest BCUT2D eigenvalue weighted by Gasteiger charge is -2.14. The largest absolute Gasteiger partial charge is 0.497 e. The van der Waals surface area contributed by atoms with E-state index in [-0.39, 0.29) is 0 Å². The normalized spacial score (nSPS) is 12.1. The van der Waals surface area contributed by atoms with Gasteiger partial charge in [0.15, 0.2) is 11.4 Å². The zero-order chi connectivity index (χ0) is 42.2. The van der Waals surface area contributed by atoms with E-state index in [1.807, 2.05) is 35.6 Å². The molecule has 0 aliphatic rings. The number of rotatable bonds is 4. The smallest absolute Gasteiger partial charge is 0.247 e. The second kappa shape index (κ2) is 13.0. The molecule has 0 bridgehead atoms. The van der Waals surface area contributed by atoms with Gasteiger partial charge in [-0.05, 0) is 94.3 Å². The number of aromatic nitrogens is 4. The van der Waals surface area contributed by atoms with Crippen LogP contribution in [0.2, 0.25) is 0 Å². The van der Waals surface area contributed by atoms with Crippen LogP contribution in [0, 0.1) is 11.3 Å². The Bertz CT molecular complexity index is 4370. The van der Waals surface area contributed by atoms with E-state index in [1.54, 1.807) is 13.2 Å². The Hall–Kier alpha value is -8.51. The van der Waals surface area contributed by atoms with Gasteiger partial charge >= 0.3 is 0 Å². The summed E-state index contributed by atoms with van der Waals surface area (Å²) < 4.78 is 19.1. The van der Waals surface area contributed by atoms with Crippen LogP contribution in [0.4, 0.5) is 0 Å². The summed E-state index contributed by atoms with van der Waals surface area (Å²) in [5, 5.41) is 22.7. The third kappa shape index (κ3) is 4.73. The van der Waals surface area contributed by atoms with Gasteiger partial charge in [0, 0.05) is 48.3 Å². The highest BCUT2D eigenvalue weighted by atomic mass is 32.1. The Morgan fingerprint density at radius 1 is 0.578 bits per heavy atom. The number of furan rings is 1. The van der Waals surface area contributed by atoms with Crippen LogP contribution in [0.5, 0.6) is 5.75 Å². The molecular weight excluding hydrogens is 807 g/mol. The molecule has 0 saturated heterocycles. The van der Waals surface area contributed by atoms with Gasteiger partial charge in [-0.2, -0.15) is 5.26 Å². The molecule has 0 amide bonds. The molecule has 0 radical (unpaired) electrons. The van der Waals surface area contributed by atoms with Gasteiger partial charge in [-0.25, -0.2) is 9.97 Å². The molecule has 7 nitrogen and oxygen atoms in total. The maximum atomic E-state index is 10.2. The number of thiophene rings is 1. The fraction of sp³-hybridized carbons (Fsp3) is 0.0179. The number of nitriles is 1. The monoisotopic (exact) mass is 837 g/mol. The number of benzene rings is 9. The first-order valence-corrected chi connectivity index (χ1v) is 22.0. The Balaban J connectivity index is 1.15. The summed E-state index contributed by atoms with van der Waals surface area (Å²) in [6.07, 6.45) is 0. The highest BCUT2D eigenvalue weighted by molar-refractivity contribution is 7.27. The van der Waals surface area contributed by atoms with Crippen LogP contribution in [0.15, 0.2) is 174 Å². The average molecular weight is 838 g/mol. The van der Waals surface area contributed by atoms with Gasteiger partial charge in [0.05, 0.1) is 44.8 Å². The molecule has 0 atom stereocenters. The van der Waals surface area contributed by atoms with Crippen molar-refractivity contribution in [2.45, 2.75) is 0 Å². The van der Waals surface area contributed by atoms with E-state index in [0.29, 0.717) is 33.9 Å². The Morgan fingerprint density at radius 3 is 2.03 bits per heavy atom. The van der Waals surface area contributed by atoms with Crippen molar-refractivity contribution in [3.8, 4) is 34.6 Å². The number of fused-ring (bicyclic) bond motifs is 17. The average Bonchev–Trinajstić information content (AvgIpc) is 4.10. The topological polar surface area (TPSA) is 81.8 Å². The SMILES string of the molecule is COc1ccc(-n2c3ccccc3c3cc(-c4nc5oc6c(C#N)cccc6c5nc4-n4c5ccccc5c5c6ccccc6c6c7cc8ccccc8cc7sc6c54)ccc32)cc1. The molecule has 0 aliphatic carbocycles. The quantitative estimate of drug-likeness (QED) is 0.176. The summed E-state index contributed by atoms with van der Waals surface area (Å²) in [4.78, 5) is 11.1. The predicted molar refractivity (Wildman–Crippen MR) is 263 cm³/mol. The summed E-state index contributed by atoms with van der Waals surface area (Å²) in [6.45, 7) is 0. The lowest BCUT2D eigenvalue weighted by Crippen LogP contribution is -2.03. The molecule has 0 aliphatic heterocycles. The van der Waals surface area contributed by atoms with Crippen molar-refractivity contribution in [2.24, 2.45) is 0 Å². The number of ether oxygens (including phenoxy) is 1. The van der Waals surface area contributed by atoms with Gasteiger partial charge in [0.25, 0.3) is 0 Å². The molecule has 9 aromatic carbocycles. The van der Waals surface area contributed by atoms with Gasteiger partial charge in [-0.3, -0.25) is 4.57 Å². The van der Waals surface area contributed by atoms with E-state index in [1.165, 1.54) is 47.1 Å². The summed E-state index contributed by atoms with van der Waals surface area (Å²) in [7, 11) is 1.69. The minimum atomic E-state index is 0.377. The second-order valence-corrected chi connectivity index (χ2v) is 17.4. The fourth-order valence-electron chi connectivity index (χ4n) is 10.2. The van der Waals surface area contributed by atoms with Crippen molar-refractivity contribution in [2.75, 3.05) is 7.11 Å². The third-order valence-electron chi connectivity index (χ3n) is 13.0. The zero-order valence-electron chi connectivity index (χ0n) is 34.1. The van der Waals surface area contributed by atoms with Gasteiger partial charge < -0.3 is 13.7 Å². The maximum absolute atomic E-state index is 10.2. The minimum absolute atomic E-state index is 0.377. The molecule has 0 fully saturated rings. The highest BCUT2D eigenvalue weighted by Crippen LogP contribution is 2.49. The first-order valence-electron chi connectivity index (χ1n) is 21.2. The fourth-order valence-corrected chi connectivity index (χ4v) is 11.5. The van der Waals surface area contributed by atoms with Crippen LogP contribution in [-0.2, 0) is 0 Å². The number of nitrogens with zero attached hydrogens (tertiary/aromatic N) is 5. The van der Waals surface area contributed by atoms with Gasteiger partial charge in [0.1, 0.15) is 23.0 Å². The van der Waals surface area contributed by atoms with Crippen molar-refractivity contribution in [3.05, 3.63) is 175 Å². The molecule has 8 heteroatoms. The molecule has 0 N–H and O–H groups in total. The first kappa shape index (κ1) is 35.1. The zero-order valence-corrected chi connectivity index (χ0v) is 34.9. The van der Waals surface area contributed by atoms with Crippen LogP contribution < -0.4 is 4.74 Å². The van der Waals surface area contributed by atoms with E-state index < -0.39 is 0 Å². The van der Waals surface area contributed by atoms with Crippen LogP contribution in [0.25, 0.3) is 130 Å². The molecule has 5 aromatic heterocycles. The molecular formula is C56H31N5O2S. The lowest BCUT2D eigenvalue weighted by atomic mass is 9.98. The first-order chi connectivity index (χ1) is 31.6. The van der Waals surface area contributed by atoms with Crippen LogP contribution in [0.1, 0.15) is 5.56 Å². The maximum Gasteiger partial charge on any atom is 0.247 e. The number of hydrogen-bond acceptors (Lipinski definition) is 6. The van der Waals surface area contributed by atoms with Crippen molar-refractivity contribution in [1.82, 2.24) is 19.1 Å². The van der Waals surface area contributed by atoms with E-state index in [9.17, 15) is 5.26 Å². The van der Waals surface area contributed by atoms with E-state index in [0.717, 1.165) is 60.6 Å². The Morgan fingerprint density at radius 2 is 1.25 bits per heavy atom. The van der Waals surface area contributed by atoms with Crippen molar-refractivity contribution in [3.63, 3.8) is 0 Å². The molecule has 0 spiro atoms. The number of methoxy groups -OCH3 is 1. The standard InChI is InChI=1S/C56H31N5O2S/c1-62-36-24-22-35(23-25-36)60-44-19-8-6-14-37(44)42-28-33(21-26-46(42)60)50-55(58-51-41-18-10-13-34(30-57)53(41)63-56(51)59-50)61-45-20-9-7-17-40(45)48-38-15-4-5-16-39(38)49-43-27-31-11-2-3-12-32(31)29-47(43)64-54(49)52(48)61/h2-29H,1H3. The third-order valence-corrected chi connectivity index (χ3v) is 14.2. The molecule has 298 valence electrons. The predicted octanol–water partition coefficient (Wildman–Crippen LogP) is 14.8. The van der Waals surface area contributed by atoms with Crippen LogP contribution >= 0.6 is 11.3 Å². The number of hydrogen-bond donors (Lipinski definition) is 0.